The van der Waals surface area contributed by atoms with Crippen LogP contribution in [-0.2, 0) is 0 Å². The standard InChI is InChI=1S/C15H12ClFN2O2/c1-21-10-4-2-8(3-5-10)14(20)15-18-12-7-9(16)6-11(17)13(12)19-15/h2-7,14,20H,1H3,(H,18,19). The van der Waals surface area contributed by atoms with Crippen molar-refractivity contribution < 1.29 is 14.2 Å². The van der Waals surface area contributed by atoms with Crippen molar-refractivity contribution in [1.29, 1.82) is 0 Å². The first-order valence-electron chi connectivity index (χ1n) is 6.25. The number of aromatic amines is 1. The molecule has 1 unspecified atom stereocenters. The first kappa shape index (κ1) is 13.9. The van der Waals surface area contributed by atoms with Crippen LogP contribution >= 0.6 is 11.6 Å². The fraction of sp³-hybridized carbons (Fsp3) is 0.133. The molecule has 0 radical (unpaired) electrons. The monoisotopic (exact) mass is 306 g/mol. The SMILES string of the molecule is COc1ccc(C(O)c2nc3c(F)cc(Cl)cc3[nH]2)cc1. The van der Waals surface area contributed by atoms with Crippen molar-refractivity contribution in [1.82, 2.24) is 9.97 Å². The third-order valence-corrected chi connectivity index (χ3v) is 3.43. The molecule has 2 aromatic carbocycles. The number of nitrogens with zero attached hydrogens (tertiary/aromatic N) is 1. The number of nitrogens with one attached hydrogen (secondary N) is 1. The van der Waals surface area contributed by atoms with E-state index in [9.17, 15) is 9.50 Å². The normalized spacial score (nSPS) is 12.6. The molecule has 6 heteroatoms. The fourth-order valence-electron chi connectivity index (χ4n) is 2.13. The molecule has 0 amide bonds. The molecule has 1 heterocycles. The average Bonchev–Trinajstić information content (AvgIpc) is 2.91. The molecule has 0 spiro atoms. The van der Waals surface area contributed by atoms with Gasteiger partial charge in [-0.2, -0.15) is 0 Å². The molecule has 3 rings (SSSR count). The number of halogens is 2. The number of hydrogen-bond donors (Lipinski definition) is 2. The summed E-state index contributed by atoms with van der Waals surface area (Å²) in [6.45, 7) is 0. The predicted molar refractivity (Wildman–Crippen MR) is 78.1 cm³/mol. The van der Waals surface area contributed by atoms with Crippen molar-refractivity contribution in [3.63, 3.8) is 0 Å². The van der Waals surface area contributed by atoms with Crippen molar-refractivity contribution in [3.05, 3.63) is 58.6 Å². The number of aliphatic hydroxyl groups is 1. The number of H-pyrrole nitrogens is 1. The molecule has 1 aromatic heterocycles. The number of rotatable bonds is 3. The Labute approximate surface area is 125 Å². The number of ether oxygens (including phenoxy) is 1. The molecular weight excluding hydrogens is 295 g/mol. The van der Waals surface area contributed by atoms with Crippen molar-refractivity contribution in [2.75, 3.05) is 7.11 Å². The summed E-state index contributed by atoms with van der Waals surface area (Å²) in [4.78, 5) is 6.99. The van der Waals surface area contributed by atoms with Gasteiger partial charge in [-0.25, -0.2) is 9.37 Å². The van der Waals surface area contributed by atoms with Gasteiger partial charge in [0.05, 0.1) is 12.6 Å². The molecule has 21 heavy (non-hydrogen) atoms. The quantitative estimate of drug-likeness (QED) is 0.779. The topological polar surface area (TPSA) is 58.1 Å². The minimum absolute atomic E-state index is 0.155. The number of aromatic nitrogens is 2. The van der Waals surface area contributed by atoms with Crippen LogP contribution in [0.2, 0.25) is 5.02 Å². The van der Waals surface area contributed by atoms with Crippen LogP contribution in [0.1, 0.15) is 17.5 Å². The predicted octanol–water partition coefficient (Wildman–Crippen LogP) is 3.45. The third kappa shape index (κ3) is 2.57. The Bertz CT molecular complexity index is 786. The highest BCUT2D eigenvalue weighted by atomic mass is 35.5. The van der Waals surface area contributed by atoms with Gasteiger partial charge in [0, 0.05) is 5.02 Å². The molecule has 4 nitrogen and oxygen atoms in total. The van der Waals surface area contributed by atoms with Crippen LogP contribution in [0, 0.1) is 5.82 Å². The number of fused-ring (bicyclic) bond motifs is 1. The van der Waals surface area contributed by atoms with Crippen molar-refractivity contribution in [2.24, 2.45) is 0 Å². The van der Waals surface area contributed by atoms with Crippen LogP contribution in [-0.4, -0.2) is 22.2 Å². The van der Waals surface area contributed by atoms with E-state index in [4.69, 9.17) is 16.3 Å². The summed E-state index contributed by atoms with van der Waals surface area (Å²) in [6, 6.07) is 9.67. The van der Waals surface area contributed by atoms with Gasteiger partial charge in [0.1, 0.15) is 23.2 Å². The van der Waals surface area contributed by atoms with Gasteiger partial charge < -0.3 is 14.8 Å². The molecule has 0 aliphatic carbocycles. The highest BCUT2D eigenvalue weighted by molar-refractivity contribution is 6.31. The number of benzene rings is 2. The van der Waals surface area contributed by atoms with E-state index in [0.29, 0.717) is 16.8 Å². The second-order valence-corrected chi connectivity index (χ2v) is 5.02. The molecule has 0 fully saturated rings. The molecule has 2 N–H and O–H groups in total. The maximum atomic E-state index is 13.8. The van der Waals surface area contributed by atoms with Crippen molar-refractivity contribution in [3.8, 4) is 5.75 Å². The van der Waals surface area contributed by atoms with Gasteiger partial charge in [0.25, 0.3) is 0 Å². The first-order valence-corrected chi connectivity index (χ1v) is 6.63. The molecule has 0 saturated heterocycles. The van der Waals surface area contributed by atoms with E-state index in [0.717, 1.165) is 0 Å². The minimum Gasteiger partial charge on any atom is -0.497 e. The number of hydrogen-bond acceptors (Lipinski definition) is 3. The fourth-order valence-corrected chi connectivity index (χ4v) is 2.34. The van der Waals surface area contributed by atoms with E-state index in [-0.39, 0.29) is 16.4 Å². The molecule has 0 aliphatic heterocycles. The highest BCUT2D eigenvalue weighted by Crippen LogP contribution is 2.26. The Balaban J connectivity index is 2.00. The number of aliphatic hydroxyl groups excluding tert-OH is 1. The summed E-state index contributed by atoms with van der Waals surface area (Å²) in [7, 11) is 1.57. The average molecular weight is 307 g/mol. The second kappa shape index (κ2) is 5.35. The number of methoxy groups -OCH3 is 1. The maximum Gasteiger partial charge on any atom is 0.152 e. The molecule has 3 aromatic rings. The zero-order valence-electron chi connectivity index (χ0n) is 11.1. The van der Waals surface area contributed by atoms with E-state index in [1.54, 1.807) is 37.4 Å². The van der Waals surface area contributed by atoms with E-state index < -0.39 is 11.9 Å². The largest absolute Gasteiger partial charge is 0.497 e. The zero-order valence-corrected chi connectivity index (χ0v) is 11.9. The van der Waals surface area contributed by atoms with Gasteiger partial charge >= 0.3 is 0 Å². The summed E-state index contributed by atoms with van der Waals surface area (Å²) in [5.41, 5.74) is 1.23. The van der Waals surface area contributed by atoms with Gasteiger partial charge in [-0.05, 0) is 29.8 Å². The van der Waals surface area contributed by atoms with Crippen LogP contribution < -0.4 is 4.74 Å². The third-order valence-electron chi connectivity index (χ3n) is 3.21. The first-order chi connectivity index (χ1) is 10.1. The minimum atomic E-state index is -0.985. The Morgan fingerprint density at radius 3 is 2.67 bits per heavy atom. The van der Waals surface area contributed by atoms with Crippen LogP contribution in [0.25, 0.3) is 11.0 Å². The lowest BCUT2D eigenvalue weighted by Gasteiger charge is -2.08. The summed E-state index contributed by atoms with van der Waals surface area (Å²) >= 11 is 5.80. The maximum absolute atomic E-state index is 13.8. The highest BCUT2D eigenvalue weighted by Gasteiger charge is 2.17. The van der Waals surface area contributed by atoms with Gasteiger partial charge in [0.15, 0.2) is 5.82 Å². The lowest BCUT2D eigenvalue weighted by atomic mass is 10.1. The van der Waals surface area contributed by atoms with Crippen molar-refractivity contribution in [2.45, 2.75) is 6.10 Å². The zero-order chi connectivity index (χ0) is 15.0. The van der Waals surface area contributed by atoms with Gasteiger partial charge in [0.2, 0.25) is 0 Å². The molecule has 108 valence electrons. The lowest BCUT2D eigenvalue weighted by Crippen LogP contribution is -2.01. The number of imidazole rings is 1. The summed E-state index contributed by atoms with van der Waals surface area (Å²) in [6.07, 6.45) is -0.985. The van der Waals surface area contributed by atoms with Crippen molar-refractivity contribution >= 4 is 22.6 Å². The Kier molecular flexibility index (Phi) is 3.53. The van der Waals surface area contributed by atoms with Crippen LogP contribution in [0.5, 0.6) is 5.75 Å². The molecule has 1 atom stereocenters. The second-order valence-electron chi connectivity index (χ2n) is 4.58. The van der Waals surface area contributed by atoms with Gasteiger partial charge in [-0.3, -0.25) is 0 Å². The van der Waals surface area contributed by atoms with Gasteiger partial charge in [-0.1, -0.05) is 23.7 Å². The Morgan fingerprint density at radius 1 is 1.29 bits per heavy atom. The van der Waals surface area contributed by atoms with E-state index in [2.05, 4.69) is 9.97 Å². The summed E-state index contributed by atoms with van der Waals surface area (Å²) < 4.78 is 18.8. The van der Waals surface area contributed by atoms with Crippen LogP contribution in [0.4, 0.5) is 4.39 Å². The van der Waals surface area contributed by atoms with Gasteiger partial charge in [-0.15, -0.1) is 0 Å². The summed E-state index contributed by atoms with van der Waals surface area (Å²) in [5.74, 6) is 0.423. The summed E-state index contributed by atoms with van der Waals surface area (Å²) in [5, 5.41) is 10.6. The smallest absolute Gasteiger partial charge is 0.152 e. The lowest BCUT2D eigenvalue weighted by molar-refractivity contribution is 0.211. The molecule has 0 bridgehead atoms. The molecule has 0 saturated carbocycles. The van der Waals surface area contributed by atoms with Crippen LogP contribution in [0.3, 0.4) is 0 Å². The Hall–Kier alpha value is -2.11. The Morgan fingerprint density at radius 2 is 2.00 bits per heavy atom. The van der Waals surface area contributed by atoms with E-state index in [1.165, 1.54) is 6.07 Å². The molecular formula is C15H12ClFN2O2. The van der Waals surface area contributed by atoms with Crippen LogP contribution in [0.15, 0.2) is 36.4 Å². The van der Waals surface area contributed by atoms with E-state index in [1.807, 2.05) is 0 Å². The molecule has 0 aliphatic rings. The van der Waals surface area contributed by atoms with E-state index >= 15 is 0 Å².